The molecule has 0 aromatic carbocycles. The van der Waals surface area contributed by atoms with Crippen molar-refractivity contribution in [3.05, 3.63) is 0 Å². The SMILES string of the molecule is CCC(=O)O.CNC1CCC23CC24CCC2(C)C([C@H](C)NC)[C@H](O)C[C@@]2(C)C4CCC3C1(C)C.C[C@@H](C1[C@H](O)C[C@@]2(C)C3CCC4C(C)(C)C(N(C)C)CCC45CC35CCC12C)N(C)C.[2HH]. The summed E-state index contributed by atoms with van der Waals surface area (Å²) in [5, 5.41) is 37.6. The smallest absolute Gasteiger partial charge is 0.303 e. The van der Waals surface area contributed by atoms with E-state index in [0.717, 1.165) is 42.6 Å². The molecule has 376 valence electrons. The van der Waals surface area contributed by atoms with E-state index in [1.165, 1.54) is 89.9 Å². The van der Waals surface area contributed by atoms with E-state index in [1.807, 2.05) is 0 Å². The van der Waals surface area contributed by atoms with Crippen LogP contribution >= 0.6 is 0 Å². The summed E-state index contributed by atoms with van der Waals surface area (Å²) in [5.41, 5.74) is 4.29. The van der Waals surface area contributed by atoms with Crippen molar-refractivity contribution in [1.29, 1.82) is 0 Å². The maximum absolute atomic E-state index is 11.4. The average Bonchev–Trinajstić information content (AvgIpc) is 4.05. The van der Waals surface area contributed by atoms with E-state index < -0.39 is 5.97 Å². The summed E-state index contributed by atoms with van der Waals surface area (Å²) in [4.78, 5) is 14.2. The second kappa shape index (κ2) is 16.1. The fourth-order valence-electron chi connectivity index (χ4n) is 22.6. The first-order valence-electron chi connectivity index (χ1n) is 27.3. The lowest BCUT2D eigenvalue weighted by atomic mass is 9.41. The minimum absolute atomic E-state index is 0. The number of aliphatic carboxylic acids is 1. The van der Waals surface area contributed by atoms with Gasteiger partial charge in [-0.15, -0.1) is 0 Å². The monoisotopic (exact) mass is 910 g/mol. The summed E-state index contributed by atoms with van der Waals surface area (Å²) >= 11 is 0. The van der Waals surface area contributed by atoms with Gasteiger partial charge in [0.15, 0.2) is 0 Å². The molecule has 8 nitrogen and oxygen atoms in total. The molecule has 0 amide bonds. The molecule has 4 spiro atoms. The van der Waals surface area contributed by atoms with Crippen LogP contribution in [0.2, 0.25) is 0 Å². The lowest BCUT2D eigenvalue weighted by Crippen LogP contribution is -2.59. The highest BCUT2D eigenvalue weighted by Crippen LogP contribution is 2.90. The molecule has 8 heteroatoms. The van der Waals surface area contributed by atoms with Crippen LogP contribution in [0, 0.1) is 89.7 Å². The van der Waals surface area contributed by atoms with E-state index >= 15 is 0 Å². The molecule has 20 atom stereocenters. The maximum Gasteiger partial charge on any atom is 0.303 e. The number of hydrogen-bond acceptors (Lipinski definition) is 7. The lowest BCUT2D eigenvalue weighted by Gasteiger charge is -2.64. The zero-order valence-electron chi connectivity index (χ0n) is 45.1. The van der Waals surface area contributed by atoms with Crippen molar-refractivity contribution in [1.82, 2.24) is 20.4 Å². The molecule has 0 saturated heterocycles. The van der Waals surface area contributed by atoms with Gasteiger partial charge in [-0.3, -0.25) is 4.79 Å². The Hall–Kier alpha value is -0.770. The van der Waals surface area contributed by atoms with Gasteiger partial charge in [0.2, 0.25) is 0 Å². The van der Waals surface area contributed by atoms with E-state index in [-0.39, 0.29) is 36.3 Å². The summed E-state index contributed by atoms with van der Waals surface area (Å²) in [6, 6.07) is 2.22. The highest BCUT2D eigenvalue weighted by molar-refractivity contribution is 5.66. The molecule has 10 fully saturated rings. The van der Waals surface area contributed by atoms with Crippen LogP contribution in [0.1, 0.15) is 187 Å². The predicted molar refractivity (Wildman–Crippen MR) is 269 cm³/mol. The Bertz CT molecular complexity index is 1810. The quantitative estimate of drug-likeness (QED) is 0.172. The highest BCUT2D eigenvalue weighted by Gasteiger charge is 2.84. The van der Waals surface area contributed by atoms with Gasteiger partial charge >= 0.3 is 5.97 Å². The fourth-order valence-corrected chi connectivity index (χ4v) is 22.6. The van der Waals surface area contributed by atoms with Crippen molar-refractivity contribution < 1.29 is 21.5 Å². The zero-order chi connectivity index (χ0) is 48.1. The summed E-state index contributed by atoms with van der Waals surface area (Å²) < 4.78 is 0. The topological polar surface area (TPSA) is 108 Å². The van der Waals surface area contributed by atoms with Gasteiger partial charge in [0.25, 0.3) is 0 Å². The maximum atomic E-state index is 11.4. The van der Waals surface area contributed by atoms with Gasteiger partial charge in [-0.1, -0.05) is 62.3 Å². The molecule has 0 radical (unpaired) electrons. The van der Waals surface area contributed by atoms with Crippen LogP contribution in [0.25, 0.3) is 0 Å². The number of aliphatic hydroxyl groups is 2. The van der Waals surface area contributed by atoms with E-state index in [0.29, 0.717) is 67.9 Å². The number of aliphatic hydroxyl groups excluding tert-OH is 2. The van der Waals surface area contributed by atoms with Gasteiger partial charge in [-0.2, -0.15) is 0 Å². The minimum atomic E-state index is -0.745. The Balaban J connectivity index is 0.000000176. The van der Waals surface area contributed by atoms with E-state index in [2.05, 4.69) is 132 Å². The first-order valence-corrected chi connectivity index (χ1v) is 27.3. The largest absolute Gasteiger partial charge is 0.481 e. The van der Waals surface area contributed by atoms with Crippen molar-refractivity contribution in [3.8, 4) is 0 Å². The van der Waals surface area contributed by atoms with Crippen molar-refractivity contribution in [2.45, 2.75) is 222 Å². The van der Waals surface area contributed by atoms with Gasteiger partial charge in [0.1, 0.15) is 0 Å². The molecule has 0 heterocycles. The number of nitrogens with one attached hydrogen (secondary N) is 2. The van der Waals surface area contributed by atoms with Crippen LogP contribution in [0.4, 0.5) is 0 Å². The Kier molecular flexibility index (Phi) is 12.6. The van der Waals surface area contributed by atoms with Crippen LogP contribution in [-0.2, 0) is 4.79 Å². The molecule has 14 unspecified atom stereocenters. The van der Waals surface area contributed by atoms with Crippen molar-refractivity contribution in [2.24, 2.45) is 89.7 Å². The summed E-state index contributed by atoms with van der Waals surface area (Å²) in [6.45, 7) is 26.9. The van der Waals surface area contributed by atoms with Crippen LogP contribution < -0.4 is 10.6 Å². The number of rotatable bonds is 7. The third kappa shape index (κ3) is 6.48. The van der Waals surface area contributed by atoms with Crippen LogP contribution in [-0.4, -0.2) is 110 Å². The summed E-state index contributed by atoms with van der Waals surface area (Å²) in [5.74, 6) is 3.44. The number of hydrogen-bond donors (Lipinski definition) is 5. The number of carboxylic acid groups (broad SMARTS) is 1. The zero-order valence-corrected chi connectivity index (χ0v) is 45.1. The molecule has 0 aliphatic heterocycles. The van der Waals surface area contributed by atoms with Crippen molar-refractivity contribution in [2.75, 3.05) is 42.3 Å². The van der Waals surface area contributed by atoms with Crippen LogP contribution in [0.15, 0.2) is 0 Å². The summed E-state index contributed by atoms with van der Waals surface area (Å²) in [6.07, 6.45) is 21.7. The first kappa shape index (κ1) is 50.6. The van der Waals surface area contributed by atoms with E-state index in [4.69, 9.17) is 5.11 Å². The Morgan fingerprint density at radius 2 is 1.03 bits per heavy atom. The predicted octanol–water partition coefficient (Wildman–Crippen LogP) is 10.6. The molecular formula is C57H104N4O4. The normalized spacial score (nSPS) is 53.4. The lowest BCUT2D eigenvalue weighted by molar-refractivity contribution is -0.152. The average molecular weight is 910 g/mol. The molecule has 10 rings (SSSR count). The third-order valence-electron chi connectivity index (χ3n) is 25.9. The van der Waals surface area contributed by atoms with Gasteiger partial charge < -0.3 is 35.8 Å². The van der Waals surface area contributed by atoms with E-state index in [1.54, 1.807) is 6.92 Å². The molecule has 65 heavy (non-hydrogen) atoms. The number of carboxylic acids is 1. The second-order valence-electron chi connectivity index (χ2n) is 28.2. The van der Waals surface area contributed by atoms with Crippen LogP contribution in [0.3, 0.4) is 0 Å². The second-order valence-corrected chi connectivity index (χ2v) is 28.2. The minimum Gasteiger partial charge on any atom is -0.481 e. The fraction of sp³-hybridized carbons (Fsp3) is 0.982. The van der Waals surface area contributed by atoms with Gasteiger partial charge in [0, 0.05) is 43.9 Å². The van der Waals surface area contributed by atoms with Gasteiger partial charge in [-0.25, -0.2) is 0 Å². The number of fused-ring (bicyclic) bond motifs is 4. The Labute approximate surface area is 400 Å². The van der Waals surface area contributed by atoms with Crippen LogP contribution in [0.5, 0.6) is 0 Å². The van der Waals surface area contributed by atoms with Crippen molar-refractivity contribution in [3.63, 3.8) is 0 Å². The molecular weight excluding hydrogens is 805 g/mol. The number of carbonyl (C=O) groups is 1. The van der Waals surface area contributed by atoms with Gasteiger partial charge in [-0.05, 0) is 237 Å². The standard InChI is InChI=1S/C28H50N2O.C26H46N2O.C3H6O2.H2/c1-18(29(6)7)23-19(31)16-26(5)21-11-10-20-24(2,3)22(30(8)9)12-13-27(20)17-28(21,27)15-14-25(23,26)4;1-16(27-6)21-17(29)14-24(5)19-9-8-18-22(2,3)20(28-7)10-11-25(18)15-26(19,25)13-12-23(21,24)4;1-2-3(4)5;/h18-23,31H,10-17H2,1-9H3;16-21,27-29H,8-15H2,1-7H3;2H2,1H3,(H,4,5);1H/t18-,19+,20?,21?,22?,23?,25?,26-,27?,28?;16-,17+,18?,19?,20?,21?,23?,24-,25?,26?;;/m00../s1/i;;;1+1. The molecule has 0 aromatic heterocycles. The third-order valence-corrected chi connectivity index (χ3v) is 25.9. The number of nitrogens with zero attached hydrogens (tertiary/aromatic N) is 2. The van der Waals surface area contributed by atoms with E-state index in [9.17, 15) is 15.0 Å². The Morgan fingerprint density at radius 3 is 1.46 bits per heavy atom. The Morgan fingerprint density at radius 1 is 0.615 bits per heavy atom. The summed E-state index contributed by atoms with van der Waals surface area (Å²) in [7, 11) is 13.3. The molecule has 5 N–H and O–H groups in total. The molecule has 10 aliphatic rings. The first-order chi connectivity index (χ1) is 30.1. The molecule has 10 aliphatic carbocycles. The van der Waals surface area contributed by atoms with Gasteiger partial charge in [0.05, 0.1) is 12.2 Å². The van der Waals surface area contributed by atoms with Crippen molar-refractivity contribution >= 4 is 5.97 Å². The molecule has 0 aromatic rings. The molecule has 0 bridgehead atoms. The highest BCUT2D eigenvalue weighted by atomic mass is 16.4. The molecule has 10 saturated carbocycles.